The lowest BCUT2D eigenvalue weighted by atomic mass is 9.93. The summed E-state index contributed by atoms with van der Waals surface area (Å²) in [6, 6.07) is 8.31. The molecule has 0 unspecified atom stereocenters. The zero-order chi connectivity index (χ0) is 21.4. The Morgan fingerprint density at radius 2 is 1.94 bits per heavy atom. The molecule has 3 heterocycles. The van der Waals surface area contributed by atoms with Crippen molar-refractivity contribution in [2.75, 3.05) is 13.1 Å². The largest absolute Gasteiger partial charge is 0.322 e. The van der Waals surface area contributed by atoms with Crippen molar-refractivity contribution in [3.63, 3.8) is 0 Å². The summed E-state index contributed by atoms with van der Waals surface area (Å²) in [6.07, 6.45) is 8.28. The Kier molecular flexibility index (Phi) is 5.61. The van der Waals surface area contributed by atoms with Crippen LogP contribution in [0.4, 0.5) is 0 Å². The van der Waals surface area contributed by atoms with Crippen LogP contribution in [0.2, 0.25) is 0 Å². The van der Waals surface area contributed by atoms with Crippen molar-refractivity contribution in [1.82, 2.24) is 30.1 Å². The van der Waals surface area contributed by atoms with E-state index in [1.165, 1.54) is 31.2 Å². The minimum atomic E-state index is -0.228. The van der Waals surface area contributed by atoms with E-state index in [4.69, 9.17) is 0 Å². The summed E-state index contributed by atoms with van der Waals surface area (Å²) in [4.78, 5) is 18.8. The first-order valence-corrected chi connectivity index (χ1v) is 11.8. The Balaban J connectivity index is 1.64. The maximum Gasteiger partial charge on any atom is 0.253 e. The highest BCUT2D eigenvalue weighted by Gasteiger charge is 2.34. The SMILES string of the molecule is Cc1ccc2[nH]c(=O)c([C@@H](c3nnnn3C3CCCCC3)N3CCC[C@@H](C)C3)cc2c1. The van der Waals surface area contributed by atoms with Crippen molar-refractivity contribution in [3.8, 4) is 0 Å². The number of fused-ring (bicyclic) bond motifs is 1. The number of rotatable bonds is 4. The van der Waals surface area contributed by atoms with Crippen LogP contribution in [-0.4, -0.2) is 43.2 Å². The number of benzene rings is 1. The van der Waals surface area contributed by atoms with Gasteiger partial charge in [-0.1, -0.05) is 37.8 Å². The van der Waals surface area contributed by atoms with Crippen LogP contribution in [0.15, 0.2) is 29.1 Å². The van der Waals surface area contributed by atoms with Crippen LogP contribution in [-0.2, 0) is 0 Å². The van der Waals surface area contributed by atoms with Crippen molar-refractivity contribution in [2.45, 2.75) is 70.9 Å². The Bertz CT molecular complexity index is 1110. The Morgan fingerprint density at radius 3 is 2.74 bits per heavy atom. The number of likely N-dealkylation sites (tertiary alicyclic amines) is 1. The van der Waals surface area contributed by atoms with Crippen LogP contribution in [0.5, 0.6) is 0 Å². The Morgan fingerprint density at radius 1 is 1.10 bits per heavy atom. The number of hydrogen-bond donors (Lipinski definition) is 1. The van der Waals surface area contributed by atoms with Gasteiger partial charge in [0.25, 0.3) is 5.56 Å². The van der Waals surface area contributed by atoms with Gasteiger partial charge in [0.1, 0.15) is 6.04 Å². The quantitative estimate of drug-likeness (QED) is 0.686. The predicted molar refractivity (Wildman–Crippen MR) is 121 cm³/mol. The number of nitrogens with one attached hydrogen (secondary N) is 1. The maximum absolute atomic E-state index is 13.3. The first-order valence-electron chi connectivity index (χ1n) is 11.8. The molecule has 0 spiro atoms. The van der Waals surface area contributed by atoms with Gasteiger partial charge in [0.15, 0.2) is 5.82 Å². The fourth-order valence-electron chi connectivity index (χ4n) is 5.47. The van der Waals surface area contributed by atoms with Gasteiger partial charge < -0.3 is 4.98 Å². The van der Waals surface area contributed by atoms with Gasteiger partial charge in [-0.25, -0.2) is 4.68 Å². The van der Waals surface area contributed by atoms with Crippen LogP contribution in [0.3, 0.4) is 0 Å². The molecule has 1 aromatic carbocycles. The first kappa shape index (κ1) is 20.4. The van der Waals surface area contributed by atoms with E-state index in [0.717, 1.165) is 54.6 Å². The Labute approximate surface area is 182 Å². The van der Waals surface area contributed by atoms with E-state index in [1.807, 2.05) is 16.8 Å². The van der Waals surface area contributed by atoms with E-state index < -0.39 is 0 Å². The minimum Gasteiger partial charge on any atom is -0.322 e. The number of aromatic amines is 1. The van der Waals surface area contributed by atoms with Gasteiger partial charge in [0.2, 0.25) is 0 Å². The van der Waals surface area contributed by atoms with Gasteiger partial charge in [-0.3, -0.25) is 9.69 Å². The molecule has 5 rings (SSSR count). The highest BCUT2D eigenvalue weighted by atomic mass is 16.1. The fraction of sp³-hybridized carbons (Fsp3) is 0.583. The normalized spacial score (nSPS) is 22.1. The van der Waals surface area contributed by atoms with Crippen molar-refractivity contribution < 1.29 is 0 Å². The smallest absolute Gasteiger partial charge is 0.253 e. The molecule has 3 aromatic rings. The van der Waals surface area contributed by atoms with E-state index in [-0.39, 0.29) is 11.6 Å². The van der Waals surface area contributed by atoms with E-state index >= 15 is 0 Å². The predicted octanol–water partition coefficient (Wildman–Crippen LogP) is 4.15. The number of aromatic nitrogens is 5. The average molecular weight is 421 g/mol. The lowest BCUT2D eigenvalue weighted by Gasteiger charge is -2.37. The second-order valence-electron chi connectivity index (χ2n) is 9.56. The summed E-state index contributed by atoms with van der Waals surface area (Å²) >= 11 is 0. The van der Waals surface area contributed by atoms with E-state index in [0.29, 0.717) is 12.0 Å². The van der Waals surface area contributed by atoms with Crippen molar-refractivity contribution in [3.05, 3.63) is 51.6 Å². The fourth-order valence-corrected chi connectivity index (χ4v) is 5.47. The molecule has 0 radical (unpaired) electrons. The molecule has 2 aliphatic rings. The van der Waals surface area contributed by atoms with E-state index in [1.54, 1.807) is 0 Å². The minimum absolute atomic E-state index is 0.0437. The summed E-state index contributed by atoms with van der Waals surface area (Å²) in [5.41, 5.74) is 2.76. The van der Waals surface area contributed by atoms with Gasteiger partial charge >= 0.3 is 0 Å². The molecule has 2 atom stereocenters. The topological polar surface area (TPSA) is 79.7 Å². The highest BCUT2D eigenvalue weighted by Crippen LogP contribution is 2.34. The molecule has 7 nitrogen and oxygen atoms in total. The molecule has 1 saturated carbocycles. The van der Waals surface area contributed by atoms with Gasteiger partial charge in [0.05, 0.1) is 6.04 Å². The number of aryl methyl sites for hydroxylation is 1. The lowest BCUT2D eigenvalue weighted by Crippen LogP contribution is -2.41. The number of hydrogen-bond acceptors (Lipinski definition) is 5. The summed E-state index contributed by atoms with van der Waals surface area (Å²) < 4.78 is 2.03. The number of H-pyrrole nitrogens is 1. The third-order valence-electron chi connectivity index (χ3n) is 7.06. The molecule has 1 saturated heterocycles. The molecule has 164 valence electrons. The van der Waals surface area contributed by atoms with Gasteiger partial charge in [-0.2, -0.15) is 0 Å². The standard InChI is InChI=1S/C24H32N6O/c1-16-10-11-21-18(13-16)14-20(24(31)25-21)22(29-12-6-7-17(2)15-29)23-26-27-28-30(23)19-8-4-3-5-9-19/h10-11,13-14,17,19,22H,3-9,12,15H2,1-2H3,(H,25,31)/t17-,22+/m1/s1. The molecule has 2 fully saturated rings. The van der Waals surface area contributed by atoms with Crippen molar-refractivity contribution in [1.29, 1.82) is 0 Å². The molecular weight excluding hydrogens is 388 g/mol. The van der Waals surface area contributed by atoms with Crippen molar-refractivity contribution >= 4 is 10.9 Å². The number of nitrogens with zero attached hydrogens (tertiary/aromatic N) is 5. The molecule has 1 aliphatic carbocycles. The summed E-state index contributed by atoms with van der Waals surface area (Å²) in [6.45, 7) is 6.28. The van der Waals surface area contributed by atoms with Crippen molar-refractivity contribution in [2.24, 2.45) is 5.92 Å². The van der Waals surface area contributed by atoms with E-state index in [2.05, 4.69) is 51.4 Å². The summed E-state index contributed by atoms with van der Waals surface area (Å²) in [5, 5.41) is 14.1. The van der Waals surface area contributed by atoms with Crippen LogP contribution in [0.25, 0.3) is 10.9 Å². The molecule has 0 amide bonds. The highest BCUT2D eigenvalue weighted by molar-refractivity contribution is 5.79. The third kappa shape index (κ3) is 4.03. The van der Waals surface area contributed by atoms with Crippen LogP contribution in [0.1, 0.15) is 80.9 Å². The van der Waals surface area contributed by atoms with Gasteiger partial charge in [-0.15, -0.1) is 5.10 Å². The zero-order valence-electron chi connectivity index (χ0n) is 18.5. The third-order valence-corrected chi connectivity index (χ3v) is 7.06. The molecule has 2 aromatic heterocycles. The lowest BCUT2D eigenvalue weighted by molar-refractivity contribution is 0.138. The number of piperidine rings is 1. The summed E-state index contributed by atoms with van der Waals surface area (Å²) in [7, 11) is 0. The van der Waals surface area contributed by atoms with E-state index in [9.17, 15) is 4.79 Å². The maximum atomic E-state index is 13.3. The van der Waals surface area contributed by atoms with Crippen LogP contribution >= 0.6 is 0 Å². The molecule has 0 bridgehead atoms. The first-order chi connectivity index (χ1) is 15.1. The molecular formula is C24H32N6O. The second kappa shape index (κ2) is 8.54. The monoisotopic (exact) mass is 420 g/mol. The van der Waals surface area contributed by atoms with Crippen LogP contribution < -0.4 is 5.56 Å². The summed E-state index contributed by atoms with van der Waals surface area (Å²) in [5.74, 6) is 1.41. The molecule has 31 heavy (non-hydrogen) atoms. The number of tetrazole rings is 1. The van der Waals surface area contributed by atoms with Crippen LogP contribution in [0, 0.1) is 12.8 Å². The average Bonchev–Trinajstić information content (AvgIpc) is 3.25. The number of pyridine rings is 1. The molecule has 1 aliphatic heterocycles. The zero-order valence-corrected chi connectivity index (χ0v) is 18.5. The molecule has 1 N–H and O–H groups in total. The molecule has 7 heteroatoms. The van der Waals surface area contributed by atoms with Gasteiger partial charge in [-0.05, 0) is 79.1 Å². The Hall–Kier alpha value is -2.54. The second-order valence-corrected chi connectivity index (χ2v) is 9.56. The van der Waals surface area contributed by atoms with Gasteiger partial charge in [0, 0.05) is 17.6 Å².